The molecule has 1 unspecified atom stereocenters. The van der Waals surface area contributed by atoms with Crippen LogP contribution in [0.3, 0.4) is 0 Å². The molecule has 1 aromatic heterocycles. The van der Waals surface area contributed by atoms with Crippen LogP contribution in [0.25, 0.3) is 0 Å². The minimum Gasteiger partial charge on any atom is -0.324 e. The summed E-state index contributed by atoms with van der Waals surface area (Å²) in [7, 11) is 1.73. The van der Waals surface area contributed by atoms with Crippen LogP contribution >= 0.6 is 0 Å². The third kappa shape index (κ3) is 2.41. The molecule has 0 aliphatic carbocycles. The molecule has 0 spiro atoms. The number of nitrogens with two attached hydrogens (primary N) is 1. The number of carbonyl (C=O) groups excluding carboxylic acids is 1. The van der Waals surface area contributed by atoms with Crippen molar-refractivity contribution in [3.63, 3.8) is 0 Å². The Morgan fingerprint density at radius 1 is 1.39 bits per heavy atom. The molecule has 5 heteroatoms. The summed E-state index contributed by atoms with van der Waals surface area (Å²) in [6.45, 7) is 1.88. The standard InChI is InChI=1S/C13H16N4O/c1-9(14)10-5-3-4-6-11(10)16-13(18)12-7-8-15-17(12)2/h3-9H,14H2,1-2H3,(H,16,18). The molecule has 1 atom stereocenters. The molecule has 5 nitrogen and oxygen atoms in total. The summed E-state index contributed by atoms with van der Waals surface area (Å²) in [6, 6.07) is 9.05. The summed E-state index contributed by atoms with van der Waals surface area (Å²) in [5, 5.41) is 6.82. The van der Waals surface area contributed by atoms with Gasteiger partial charge in [0.25, 0.3) is 5.91 Å². The predicted molar refractivity (Wildman–Crippen MR) is 70.2 cm³/mol. The van der Waals surface area contributed by atoms with Gasteiger partial charge < -0.3 is 11.1 Å². The first kappa shape index (κ1) is 12.3. The van der Waals surface area contributed by atoms with Crippen LogP contribution < -0.4 is 11.1 Å². The minimum atomic E-state index is -0.192. The molecule has 0 fully saturated rings. The first-order chi connectivity index (χ1) is 8.59. The van der Waals surface area contributed by atoms with Gasteiger partial charge in [-0.3, -0.25) is 9.48 Å². The van der Waals surface area contributed by atoms with Gasteiger partial charge in [0.15, 0.2) is 0 Å². The van der Waals surface area contributed by atoms with Crippen molar-refractivity contribution >= 4 is 11.6 Å². The van der Waals surface area contributed by atoms with E-state index in [1.54, 1.807) is 19.3 Å². The van der Waals surface area contributed by atoms with Gasteiger partial charge in [-0.15, -0.1) is 0 Å². The van der Waals surface area contributed by atoms with Crippen LogP contribution in [0, 0.1) is 0 Å². The van der Waals surface area contributed by atoms with Gasteiger partial charge in [0.2, 0.25) is 0 Å². The Bertz CT molecular complexity index is 560. The average molecular weight is 244 g/mol. The molecule has 0 saturated heterocycles. The van der Waals surface area contributed by atoms with Gasteiger partial charge in [0.05, 0.1) is 0 Å². The maximum atomic E-state index is 12.1. The maximum absolute atomic E-state index is 12.1. The van der Waals surface area contributed by atoms with Crippen LogP contribution in [0.2, 0.25) is 0 Å². The lowest BCUT2D eigenvalue weighted by atomic mass is 10.1. The largest absolute Gasteiger partial charge is 0.324 e. The summed E-state index contributed by atoms with van der Waals surface area (Å²) in [5.41, 5.74) is 8.02. The molecule has 0 saturated carbocycles. The minimum absolute atomic E-state index is 0.131. The molecule has 0 bridgehead atoms. The number of hydrogen-bond acceptors (Lipinski definition) is 3. The van der Waals surface area contributed by atoms with Crippen molar-refractivity contribution in [1.29, 1.82) is 0 Å². The third-order valence-electron chi connectivity index (χ3n) is 2.75. The van der Waals surface area contributed by atoms with Crippen LogP contribution in [-0.2, 0) is 7.05 Å². The van der Waals surface area contributed by atoms with Gasteiger partial charge in [-0.25, -0.2) is 0 Å². The third-order valence-corrected chi connectivity index (χ3v) is 2.75. The van der Waals surface area contributed by atoms with E-state index in [2.05, 4.69) is 10.4 Å². The van der Waals surface area contributed by atoms with E-state index in [-0.39, 0.29) is 11.9 Å². The second-order valence-corrected chi connectivity index (χ2v) is 4.17. The lowest BCUT2D eigenvalue weighted by Gasteiger charge is -2.13. The summed E-state index contributed by atoms with van der Waals surface area (Å²) in [5.74, 6) is -0.192. The summed E-state index contributed by atoms with van der Waals surface area (Å²) < 4.78 is 1.53. The van der Waals surface area contributed by atoms with Gasteiger partial charge in [-0.05, 0) is 24.6 Å². The quantitative estimate of drug-likeness (QED) is 0.863. The van der Waals surface area contributed by atoms with E-state index in [9.17, 15) is 4.79 Å². The van der Waals surface area contributed by atoms with Crippen molar-refractivity contribution in [2.75, 3.05) is 5.32 Å². The Kier molecular flexibility index (Phi) is 3.43. The van der Waals surface area contributed by atoms with Gasteiger partial charge in [0.1, 0.15) is 5.69 Å². The average Bonchev–Trinajstić information content (AvgIpc) is 2.76. The molecular formula is C13H16N4O. The molecule has 18 heavy (non-hydrogen) atoms. The number of carbonyl (C=O) groups is 1. The monoisotopic (exact) mass is 244 g/mol. The number of nitrogens with one attached hydrogen (secondary N) is 1. The van der Waals surface area contributed by atoms with Gasteiger partial charge in [0, 0.05) is 25.0 Å². The molecule has 1 heterocycles. The lowest BCUT2D eigenvalue weighted by Crippen LogP contribution is -2.18. The van der Waals surface area contributed by atoms with Crippen molar-refractivity contribution in [1.82, 2.24) is 9.78 Å². The van der Waals surface area contributed by atoms with E-state index < -0.39 is 0 Å². The predicted octanol–water partition coefficient (Wildman–Crippen LogP) is 1.69. The van der Waals surface area contributed by atoms with E-state index in [1.807, 2.05) is 31.2 Å². The van der Waals surface area contributed by atoms with Crippen LogP contribution in [0.15, 0.2) is 36.5 Å². The lowest BCUT2D eigenvalue weighted by molar-refractivity contribution is 0.101. The highest BCUT2D eigenvalue weighted by atomic mass is 16.2. The van der Waals surface area contributed by atoms with Crippen molar-refractivity contribution in [3.05, 3.63) is 47.8 Å². The zero-order chi connectivity index (χ0) is 13.1. The number of anilines is 1. The molecule has 94 valence electrons. The number of aromatic nitrogens is 2. The molecule has 2 aromatic rings. The Morgan fingerprint density at radius 3 is 2.72 bits per heavy atom. The number of aryl methyl sites for hydroxylation is 1. The van der Waals surface area contributed by atoms with Gasteiger partial charge in [-0.2, -0.15) is 5.10 Å². The molecule has 3 N–H and O–H groups in total. The number of benzene rings is 1. The summed E-state index contributed by atoms with van der Waals surface area (Å²) in [6.07, 6.45) is 1.59. The van der Waals surface area contributed by atoms with E-state index >= 15 is 0 Å². The number of rotatable bonds is 3. The molecule has 1 amide bonds. The zero-order valence-electron chi connectivity index (χ0n) is 10.4. The Hall–Kier alpha value is -2.14. The zero-order valence-corrected chi connectivity index (χ0v) is 10.4. The van der Waals surface area contributed by atoms with E-state index in [0.29, 0.717) is 5.69 Å². The molecule has 0 aliphatic rings. The number of hydrogen-bond donors (Lipinski definition) is 2. The Labute approximate surface area is 106 Å². The van der Waals surface area contributed by atoms with Crippen LogP contribution in [-0.4, -0.2) is 15.7 Å². The van der Waals surface area contributed by atoms with E-state index in [4.69, 9.17) is 5.73 Å². The second kappa shape index (κ2) is 5.01. The van der Waals surface area contributed by atoms with Crippen LogP contribution in [0.4, 0.5) is 5.69 Å². The van der Waals surface area contributed by atoms with Gasteiger partial charge >= 0.3 is 0 Å². The highest BCUT2D eigenvalue weighted by molar-refractivity contribution is 6.03. The first-order valence-corrected chi connectivity index (χ1v) is 5.73. The number of para-hydroxylation sites is 1. The molecular weight excluding hydrogens is 228 g/mol. The molecule has 2 rings (SSSR count). The van der Waals surface area contributed by atoms with Gasteiger partial charge in [-0.1, -0.05) is 18.2 Å². The molecule has 0 radical (unpaired) electrons. The fourth-order valence-corrected chi connectivity index (χ4v) is 1.79. The topological polar surface area (TPSA) is 72.9 Å². The van der Waals surface area contributed by atoms with Crippen molar-refractivity contribution < 1.29 is 4.79 Å². The van der Waals surface area contributed by atoms with Crippen LogP contribution in [0.1, 0.15) is 29.0 Å². The number of nitrogens with zero attached hydrogens (tertiary/aromatic N) is 2. The van der Waals surface area contributed by atoms with Crippen molar-refractivity contribution in [2.24, 2.45) is 12.8 Å². The fraction of sp³-hybridized carbons (Fsp3) is 0.231. The van der Waals surface area contributed by atoms with Crippen LogP contribution in [0.5, 0.6) is 0 Å². The highest BCUT2D eigenvalue weighted by Crippen LogP contribution is 2.21. The molecule has 0 aliphatic heterocycles. The first-order valence-electron chi connectivity index (χ1n) is 5.73. The Morgan fingerprint density at radius 2 is 2.11 bits per heavy atom. The molecule has 1 aromatic carbocycles. The maximum Gasteiger partial charge on any atom is 0.273 e. The second-order valence-electron chi connectivity index (χ2n) is 4.17. The SMILES string of the molecule is CC(N)c1ccccc1NC(=O)c1ccnn1C. The fourth-order valence-electron chi connectivity index (χ4n) is 1.79. The number of amides is 1. The highest BCUT2D eigenvalue weighted by Gasteiger charge is 2.13. The summed E-state index contributed by atoms with van der Waals surface area (Å²) >= 11 is 0. The Balaban J connectivity index is 2.25. The van der Waals surface area contributed by atoms with E-state index in [0.717, 1.165) is 11.3 Å². The normalized spacial score (nSPS) is 12.2. The van der Waals surface area contributed by atoms with E-state index in [1.165, 1.54) is 4.68 Å². The summed E-state index contributed by atoms with van der Waals surface area (Å²) in [4.78, 5) is 12.1. The van der Waals surface area contributed by atoms with Crippen molar-refractivity contribution in [2.45, 2.75) is 13.0 Å². The van der Waals surface area contributed by atoms with Crippen molar-refractivity contribution in [3.8, 4) is 0 Å². The smallest absolute Gasteiger partial charge is 0.273 e.